The highest BCUT2D eigenvalue weighted by Gasteiger charge is 2.30. The van der Waals surface area contributed by atoms with Crippen molar-refractivity contribution in [2.45, 2.75) is 19.4 Å². The zero-order chi connectivity index (χ0) is 15.6. The Kier molecular flexibility index (Phi) is 8.98. The van der Waals surface area contributed by atoms with E-state index in [2.05, 4.69) is 11.9 Å². The fourth-order valence-electron chi connectivity index (χ4n) is 2.65. The summed E-state index contributed by atoms with van der Waals surface area (Å²) in [5.74, 6) is -4.82. The summed E-state index contributed by atoms with van der Waals surface area (Å²) in [6, 6.07) is 0.0705. The van der Waals surface area contributed by atoms with Gasteiger partial charge in [-0.05, 0) is 13.3 Å². The van der Waals surface area contributed by atoms with Crippen molar-refractivity contribution < 1.29 is 18.3 Å². The normalized spacial score (nSPS) is 16.2. The van der Waals surface area contributed by atoms with Crippen LogP contribution in [0.15, 0.2) is 18.2 Å². The first-order chi connectivity index (χ1) is 9.91. The summed E-state index contributed by atoms with van der Waals surface area (Å²) in [4.78, 5) is 1.95. The Morgan fingerprint density at radius 2 is 1.83 bits per heavy atom. The van der Waals surface area contributed by atoms with E-state index in [1.54, 1.807) is 6.92 Å². The van der Waals surface area contributed by atoms with Crippen molar-refractivity contribution in [3.8, 4) is 5.75 Å². The monoisotopic (exact) mass is 372 g/mol. The summed E-state index contributed by atoms with van der Waals surface area (Å²) in [5.41, 5.74) is 0.584. The van der Waals surface area contributed by atoms with Crippen LogP contribution in [0, 0.1) is 17.5 Å². The maximum absolute atomic E-state index is 14.1. The first-order valence-corrected chi connectivity index (χ1v) is 6.87. The highest BCUT2D eigenvalue weighted by atomic mass is 35.5. The maximum Gasteiger partial charge on any atom is 0.195 e. The number of phenolic OH excluding ortho intramolecular Hbond substituents is 1. The van der Waals surface area contributed by atoms with Crippen LogP contribution in [0.5, 0.6) is 5.75 Å². The van der Waals surface area contributed by atoms with E-state index >= 15 is 0 Å². The van der Waals surface area contributed by atoms with E-state index < -0.39 is 29.2 Å². The van der Waals surface area contributed by atoms with Crippen LogP contribution in [0.1, 0.15) is 24.9 Å². The predicted octanol–water partition coefficient (Wildman–Crippen LogP) is 3.57. The quantitative estimate of drug-likeness (QED) is 0.626. The van der Waals surface area contributed by atoms with Crippen LogP contribution in [-0.4, -0.2) is 36.2 Å². The van der Waals surface area contributed by atoms with E-state index in [9.17, 15) is 18.3 Å². The molecular weight excluding hydrogens is 352 g/mol. The van der Waals surface area contributed by atoms with Crippen LogP contribution in [0.4, 0.5) is 13.2 Å². The fraction of sp³-hybridized carbons (Fsp3) is 0.467. The number of nitrogens with one attached hydrogen (secondary N) is 1. The number of hydrogen-bond acceptors (Lipinski definition) is 3. The van der Waals surface area contributed by atoms with Crippen molar-refractivity contribution in [3.05, 3.63) is 41.2 Å². The average molecular weight is 373 g/mol. The lowest BCUT2D eigenvalue weighted by molar-refractivity contribution is 0.165. The fourth-order valence-corrected chi connectivity index (χ4v) is 2.65. The predicted molar refractivity (Wildman–Crippen MR) is 89.1 cm³/mol. The zero-order valence-corrected chi connectivity index (χ0v) is 14.4. The number of rotatable bonds is 4. The molecule has 0 radical (unpaired) electrons. The molecule has 0 spiro atoms. The smallest absolute Gasteiger partial charge is 0.195 e. The second-order valence-corrected chi connectivity index (χ2v) is 5.38. The van der Waals surface area contributed by atoms with Crippen molar-refractivity contribution in [1.29, 1.82) is 0 Å². The van der Waals surface area contributed by atoms with Gasteiger partial charge in [0, 0.05) is 38.3 Å². The first-order valence-electron chi connectivity index (χ1n) is 6.87. The Morgan fingerprint density at radius 1 is 1.26 bits per heavy atom. The van der Waals surface area contributed by atoms with Gasteiger partial charge in [0.25, 0.3) is 0 Å². The van der Waals surface area contributed by atoms with Crippen molar-refractivity contribution in [2.75, 3.05) is 26.2 Å². The number of hydrogen-bond donors (Lipinski definition) is 2. The van der Waals surface area contributed by atoms with Crippen molar-refractivity contribution >= 4 is 24.8 Å². The number of aromatic hydroxyl groups is 1. The van der Waals surface area contributed by atoms with E-state index in [0.29, 0.717) is 25.6 Å². The lowest BCUT2D eigenvalue weighted by Crippen LogP contribution is -2.45. The van der Waals surface area contributed by atoms with Crippen LogP contribution >= 0.6 is 24.8 Å². The van der Waals surface area contributed by atoms with E-state index in [1.807, 2.05) is 4.90 Å². The molecule has 23 heavy (non-hydrogen) atoms. The Bertz CT molecular complexity index is 552. The second kappa shape index (κ2) is 9.37. The minimum atomic E-state index is -1.55. The van der Waals surface area contributed by atoms with Gasteiger partial charge in [0.2, 0.25) is 0 Å². The molecule has 0 amide bonds. The summed E-state index contributed by atoms with van der Waals surface area (Å²) in [6.45, 7) is 8.29. The van der Waals surface area contributed by atoms with Gasteiger partial charge in [0.1, 0.15) is 5.75 Å². The zero-order valence-electron chi connectivity index (χ0n) is 12.7. The number of halogens is 5. The molecule has 1 aliphatic rings. The Morgan fingerprint density at radius 3 is 2.35 bits per heavy atom. The molecule has 1 atom stereocenters. The molecule has 0 unspecified atom stereocenters. The minimum absolute atomic E-state index is 0. The lowest BCUT2D eigenvalue weighted by atomic mass is 9.96. The standard InChI is InChI=1S/C15H19F3N2O.2ClH/c1-9(2)7-11(20-5-3-19-4-6-20)13-12(21)8-10(16)14(17)15(13)18;;/h8,11,19,21H,1,3-7H2,2H3;2*1H/t11-;;/m0../s1. The molecular formula is C15H21Cl2F3N2O. The van der Waals surface area contributed by atoms with Crippen LogP contribution in [-0.2, 0) is 0 Å². The first kappa shape index (κ1) is 22.1. The van der Waals surface area contributed by atoms with Gasteiger partial charge in [-0.3, -0.25) is 4.90 Å². The average Bonchev–Trinajstić information content (AvgIpc) is 2.44. The van der Waals surface area contributed by atoms with E-state index in [-0.39, 0.29) is 30.4 Å². The largest absolute Gasteiger partial charge is 0.507 e. The highest BCUT2D eigenvalue weighted by molar-refractivity contribution is 5.85. The van der Waals surface area contributed by atoms with Gasteiger partial charge in [-0.1, -0.05) is 5.57 Å². The molecule has 1 heterocycles. The van der Waals surface area contributed by atoms with Crippen LogP contribution < -0.4 is 5.32 Å². The van der Waals surface area contributed by atoms with Crippen molar-refractivity contribution in [1.82, 2.24) is 10.2 Å². The van der Waals surface area contributed by atoms with Gasteiger partial charge >= 0.3 is 0 Å². The van der Waals surface area contributed by atoms with E-state index in [0.717, 1.165) is 18.7 Å². The van der Waals surface area contributed by atoms with Crippen molar-refractivity contribution in [2.24, 2.45) is 0 Å². The van der Waals surface area contributed by atoms with E-state index in [1.165, 1.54) is 0 Å². The summed E-state index contributed by atoms with van der Waals surface area (Å²) in [6.07, 6.45) is 0.371. The molecule has 0 saturated carbocycles. The van der Waals surface area contributed by atoms with Crippen LogP contribution in [0.2, 0.25) is 0 Å². The molecule has 0 aromatic heterocycles. The summed E-state index contributed by atoms with van der Waals surface area (Å²) in [5, 5.41) is 13.1. The highest BCUT2D eigenvalue weighted by Crippen LogP contribution is 2.37. The number of piperazine rings is 1. The molecule has 1 fully saturated rings. The molecule has 1 aliphatic heterocycles. The molecule has 1 aromatic rings. The van der Waals surface area contributed by atoms with Crippen molar-refractivity contribution in [3.63, 3.8) is 0 Å². The minimum Gasteiger partial charge on any atom is -0.507 e. The lowest BCUT2D eigenvalue weighted by Gasteiger charge is -2.35. The third-order valence-electron chi connectivity index (χ3n) is 3.65. The molecule has 2 rings (SSSR count). The Labute approximate surface area is 146 Å². The summed E-state index contributed by atoms with van der Waals surface area (Å²) in [7, 11) is 0. The van der Waals surface area contributed by atoms with Gasteiger partial charge in [0.05, 0.1) is 5.56 Å². The van der Waals surface area contributed by atoms with Gasteiger partial charge in [-0.25, -0.2) is 13.2 Å². The molecule has 8 heteroatoms. The van der Waals surface area contributed by atoms with Gasteiger partial charge in [0.15, 0.2) is 17.5 Å². The summed E-state index contributed by atoms with van der Waals surface area (Å²) < 4.78 is 40.8. The Balaban J connectivity index is 0.00000242. The summed E-state index contributed by atoms with van der Waals surface area (Å²) >= 11 is 0. The molecule has 0 bridgehead atoms. The number of nitrogens with zero attached hydrogens (tertiary/aromatic N) is 1. The van der Waals surface area contributed by atoms with Gasteiger partial charge in [-0.15, -0.1) is 31.4 Å². The molecule has 1 aromatic carbocycles. The topological polar surface area (TPSA) is 35.5 Å². The number of phenols is 1. The third-order valence-corrected chi connectivity index (χ3v) is 3.65. The SMILES string of the molecule is C=C(C)C[C@@H](c1c(O)cc(F)c(F)c1F)N1CCNCC1.Cl.Cl. The number of benzene rings is 1. The Hall–Kier alpha value is -0.950. The van der Waals surface area contributed by atoms with Crippen LogP contribution in [0.25, 0.3) is 0 Å². The van der Waals surface area contributed by atoms with Gasteiger partial charge in [-0.2, -0.15) is 0 Å². The van der Waals surface area contributed by atoms with Crippen LogP contribution in [0.3, 0.4) is 0 Å². The maximum atomic E-state index is 14.1. The second-order valence-electron chi connectivity index (χ2n) is 5.38. The van der Waals surface area contributed by atoms with E-state index in [4.69, 9.17) is 0 Å². The molecule has 132 valence electrons. The van der Waals surface area contributed by atoms with Gasteiger partial charge < -0.3 is 10.4 Å². The molecule has 1 saturated heterocycles. The molecule has 2 N–H and O–H groups in total. The molecule has 3 nitrogen and oxygen atoms in total. The third kappa shape index (κ3) is 5.01. The molecule has 0 aliphatic carbocycles.